The van der Waals surface area contributed by atoms with E-state index in [0.29, 0.717) is 26.1 Å². The maximum atomic E-state index is 11.5. The number of hydrogen-bond acceptors (Lipinski definition) is 3. The Morgan fingerprint density at radius 2 is 1.65 bits per heavy atom. The van der Waals surface area contributed by atoms with Gasteiger partial charge in [-0.3, -0.25) is 9.69 Å². The van der Waals surface area contributed by atoms with Crippen molar-refractivity contribution < 1.29 is 14.6 Å². The summed E-state index contributed by atoms with van der Waals surface area (Å²) in [5.74, 6) is -0.772. The number of carbonyl (C=O) groups is 1. The van der Waals surface area contributed by atoms with Gasteiger partial charge in [0, 0.05) is 19.5 Å². The van der Waals surface area contributed by atoms with Crippen molar-refractivity contribution in [3.05, 3.63) is 71.8 Å². The summed E-state index contributed by atoms with van der Waals surface area (Å²) >= 11 is 0. The molecule has 1 fully saturated rings. The summed E-state index contributed by atoms with van der Waals surface area (Å²) in [7, 11) is 0. The Morgan fingerprint density at radius 1 is 1.04 bits per heavy atom. The predicted molar refractivity (Wildman–Crippen MR) is 87.9 cm³/mol. The molecule has 2 aromatic rings. The summed E-state index contributed by atoms with van der Waals surface area (Å²) < 4.78 is 5.93. The lowest BCUT2D eigenvalue weighted by Gasteiger charge is -2.20. The van der Waals surface area contributed by atoms with E-state index in [1.54, 1.807) is 0 Å². The minimum Gasteiger partial charge on any atom is -0.480 e. The van der Waals surface area contributed by atoms with Gasteiger partial charge in [-0.15, -0.1) is 0 Å². The highest BCUT2D eigenvalue weighted by molar-refractivity contribution is 5.74. The summed E-state index contributed by atoms with van der Waals surface area (Å²) in [6, 6.07) is 19.5. The molecule has 4 heteroatoms. The third kappa shape index (κ3) is 4.18. The van der Waals surface area contributed by atoms with Crippen molar-refractivity contribution in [3.8, 4) is 0 Å². The number of hydrogen-bond donors (Lipinski definition) is 1. The van der Waals surface area contributed by atoms with Crippen LogP contribution in [0.25, 0.3) is 0 Å². The van der Waals surface area contributed by atoms with Crippen LogP contribution in [0.3, 0.4) is 0 Å². The molecule has 2 atom stereocenters. The van der Waals surface area contributed by atoms with Crippen molar-refractivity contribution in [2.45, 2.75) is 31.7 Å². The summed E-state index contributed by atoms with van der Waals surface area (Å²) in [5.41, 5.74) is 2.24. The van der Waals surface area contributed by atoms with Gasteiger partial charge in [-0.2, -0.15) is 0 Å². The topological polar surface area (TPSA) is 49.8 Å². The molecule has 0 aromatic heterocycles. The van der Waals surface area contributed by atoms with Gasteiger partial charge in [0.05, 0.1) is 12.7 Å². The minimum absolute atomic E-state index is 0.0416. The normalized spacial score (nSPS) is 21.4. The van der Waals surface area contributed by atoms with Crippen molar-refractivity contribution in [3.63, 3.8) is 0 Å². The Hall–Kier alpha value is -2.17. The van der Waals surface area contributed by atoms with E-state index < -0.39 is 12.0 Å². The second kappa shape index (κ2) is 7.40. The first-order chi connectivity index (χ1) is 11.2. The lowest BCUT2D eigenvalue weighted by atomic mass is 10.1. The average Bonchev–Trinajstić information content (AvgIpc) is 2.98. The fourth-order valence-electron chi connectivity index (χ4n) is 3.02. The number of carboxylic acid groups (broad SMARTS) is 1. The van der Waals surface area contributed by atoms with Gasteiger partial charge in [0.2, 0.25) is 0 Å². The SMILES string of the molecule is O=C(O)[C@H]1C[C@H](OCc2ccccc2)CN1Cc1ccccc1. The van der Waals surface area contributed by atoms with Gasteiger partial charge in [0.15, 0.2) is 0 Å². The molecule has 0 radical (unpaired) electrons. The Bertz CT molecular complexity index is 630. The largest absolute Gasteiger partial charge is 0.480 e. The number of aliphatic carboxylic acids is 1. The monoisotopic (exact) mass is 311 g/mol. The van der Waals surface area contributed by atoms with Crippen LogP contribution in [0.1, 0.15) is 17.5 Å². The summed E-state index contributed by atoms with van der Waals surface area (Å²) in [4.78, 5) is 13.5. The van der Waals surface area contributed by atoms with Crippen molar-refractivity contribution in [2.75, 3.05) is 6.54 Å². The highest BCUT2D eigenvalue weighted by Gasteiger charge is 2.37. The first-order valence-electron chi connectivity index (χ1n) is 7.88. The molecule has 1 aliphatic rings. The van der Waals surface area contributed by atoms with Crippen molar-refractivity contribution >= 4 is 5.97 Å². The highest BCUT2D eigenvalue weighted by atomic mass is 16.5. The molecule has 1 aliphatic heterocycles. The molecular formula is C19H21NO3. The number of likely N-dealkylation sites (tertiary alicyclic amines) is 1. The number of nitrogens with zero attached hydrogens (tertiary/aromatic N) is 1. The molecule has 0 bridgehead atoms. The highest BCUT2D eigenvalue weighted by Crippen LogP contribution is 2.23. The lowest BCUT2D eigenvalue weighted by Crippen LogP contribution is -2.35. The van der Waals surface area contributed by atoms with Crippen LogP contribution in [0.5, 0.6) is 0 Å². The summed E-state index contributed by atoms with van der Waals surface area (Å²) in [6.45, 7) is 1.82. The number of carboxylic acids is 1. The molecule has 3 rings (SSSR count). The molecule has 2 aromatic carbocycles. The van der Waals surface area contributed by atoms with Gasteiger partial charge in [-0.25, -0.2) is 0 Å². The fraction of sp³-hybridized carbons (Fsp3) is 0.316. The summed E-state index contributed by atoms with van der Waals surface area (Å²) in [6.07, 6.45) is 0.495. The van der Waals surface area contributed by atoms with E-state index in [9.17, 15) is 9.90 Å². The zero-order chi connectivity index (χ0) is 16.1. The second-order valence-corrected chi connectivity index (χ2v) is 5.92. The average molecular weight is 311 g/mol. The van der Waals surface area contributed by atoms with E-state index in [-0.39, 0.29) is 6.10 Å². The Balaban J connectivity index is 1.60. The van der Waals surface area contributed by atoms with Crippen LogP contribution in [-0.4, -0.2) is 34.7 Å². The smallest absolute Gasteiger partial charge is 0.321 e. The van der Waals surface area contributed by atoms with Crippen LogP contribution in [-0.2, 0) is 22.7 Å². The molecule has 1 N–H and O–H groups in total. The molecular weight excluding hydrogens is 290 g/mol. The van der Waals surface area contributed by atoms with E-state index in [1.165, 1.54) is 0 Å². The van der Waals surface area contributed by atoms with E-state index in [2.05, 4.69) is 0 Å². The second-order valence-electron chi connectivity index (χ2n) is 5.92. The van der Waals surface area contributed by atoms with Crippen LogP contribution < -0.4 is 0 Å². The van der Waals surface area contributed by atoms with E-state index in [1.807, 2.05) is 65.6 Å². The Kier molecular flexibility index (Phi) is 5.05. The van der Waals surface area contributed by atoms with Gasteiger partial charge in [-0.05, 0) is 11.1 Å². The molecule has 120 valence electrons. The Labute approximate surface area is 136 Å². The van der Waals surface area contributed by atoms with Gasteiger partial charge in [0.1, 0.15) is 6.04 Å². The molecule has 1 heterocycles. The molecule has 1 saturated heterocycles. The van der Waals surface area contributed by atoms with E-state index in [4.69, 9.17) is 4.74 Å². The Morgan fingerprint density at radius 3 is 2.26 bits per heavy atom. The third-order valence-electron chi connectivity index (χ3n) is 4.21. The summed E-state index contributed by atoms with van der Waals surface area (Å²) in [5, 5.41) is 9.47. The molecule has 0 saturated carbocycles. The number of benzene rings is 2. The number of rotatable bonds is 6. The van der Waals surface area contributed by atoms with E-state index >= 15 is 0 Å². The van der Waals surface area contributed by atoms with Gasteiger partial charge in [0.25, 0.3) is 0 Å². The zero-order valence-electron chi connectivity index (χ0n) is 13.0. The molecule has 0 aliphatic carbocycles. The third-order valence-corrected chi connectivity index (χ3v) is 4.21. The van der Waals surface area contributed by atoms with Gasteiger partial charge >= 0.3 is 5.97 Å². The molecule has 0 unspecified atom stereocenters. The quantitative estimate of drug-likeness (QED) is 0.891. The van der Waals surface area contributed by atoms with Crippen LogP contribution in [0.15, 0.2) is 60.7 Å². The molecule has 0 spiro atoms. The van der Waals surface area contributed by atoms with Crippen LogP contribution in [0.4, 0.5) is 0 Å². The first-order valence-corrected chi connectivity index (χ1v) is 7.88. The van der Waals surface area contributed by atoms with E-state index in [0.717, 1.165) is 11.1 Å². The van der Waals surface area contributed by atoms with Gasteiger partial charge < -0.3 is 9.84 Å². The maximum absolute atomic E-state index is 11.5. The zero-order valence-corrected chi connectivity index (χ0v) is 13.0. The molecule has 23 heavy (non-hydrogen) atoms. The maximum Gasteiger partial charge on any atom is 0.321 e. The first kappa shape index (κ1) is 15.7. The van der Waals surface area contributed by atoms with Crippen molar-refractivity contribution in [2.24, 2.45) is 0 Å². The van der Waals surface area contributed by atoms with Crippen molar-refractivity contribution in [1.82, 2.24) is 4.90 Å². The van der Waals surface area contributed by atoms with Crippen LogP contribution >= 0.6 is 0 Å². The van der Waals surface area contributed by atoms with Crippen LogP contribution in [0, 0.1) is 0 Å². The fourth-order valence-corrected chi connectivity index (χ4v) is 3.02. The number of ether oxygens (including phenoxy) is 1. The van der Waals surface area contributed by atoms with Gasteiger partial charge in [-0.1, -0.05) is 60.7 Å². The van der Waals surface area contributed by atoms with Crippen LogP contribution in [0.2, 0.25) is 0 Å². The predicted octanol–water partition coefficient (Wildman–Crippen LogP) is 2.93. The van der Waals surface area contributed by atoms with Crippen molar-refractivity contribution in [1.29, 1.82) is 0 Å². The lowest BCUT2D eigenvalue weighted by molar-refractivity contribution is -0.142. The minimum atomic E-state index is -0.772. The standard InChI is InChI=1S/C19H21NO3/c21-19(22)18-11-17(23-14-16-9-5-2-6-10-16)13-20(18)12-15-7-3-1-4-8-15/h1-10,17-18H,11-14H2,(H,21,22)/t17-,18+/m0/s1. The molecule has 4 nitrogen and oxygen atoms in total. The molecule has 0 amide bonds.